The van der Waals surface area contributed by atoms with E-state index >= 15 is 0 Å². The van der Waals surface area contributed by atoms with Gasteiger partial charge in [0.25, 0.3) is 0 Å². The molecule has 0 aromatic heterocycles. The minimum atomic E-state index is -4.41. The lowest BCUT2D eigenvalue weighted by atomic mass is 10.0. The highest BCUT2D eigenvalue weighted by molar-refractivity contribution is 6.30. The van der Waals surface area contributed by atoms with Crippen LogP contribution in [-0.2, 0) is 22.1 Å². The highest BCUT2D eigenvalue weighted by Gasteiger charge is 2.31. The normalized spacial score (nSPS) is 13.2. The van der Waals surface area contributed by atoms with Crippen molar-refractivity contribution in [1.29, 1.82) is 0 Å². The Morgan fingerprint density at radius 1 is 1.42 bits per heavy atom. The van der Waals surface area contributed by atoms with Gasteiger partial charge in [0.05, 0.1) is 12.2 Å². The Hall–Kier alpha value is -1.23. The molecule has 1 atom stereocenters. The van der Waals surface area contributed by atoms with Crippen molar-refractivity contribution in [3.05, 3.63) is 34.9 Å². The second-order valence-corrected chi connectivity index (χ2v) is 4.59. The molecule has 1 unspecified atom stereocenters. The molecule has 0 amide bonds. The van der Waals surface area contributed by atoms with Crippen molar-refractivity contribution in [3.63, 3.8) is 0 Å². The Kier molecular flexibility index (Phi) is 5.23. The van der Waals surface area contributed by atoms with Gasteiger partial charge in [0, 0.05) is 0 Å². The van der Waals surface area contributed by atoms with Gasteiger partial charge in [-0.3, -0.25) is 4.79 Å². The number of aryl methyl sites for hydroxylation is 1. The Labute approximate surface area is 114 Å². The number of carbonyl (C=O) groups is 1. The van der Waals surface area contributed by atoms with Gasteiger partial charge >= 0.3 is 12.1 Å². The number of ether oxygens (including phenoxy) is 1. The molecule has 19 heavy (non-hydrogen) atoms. The second-order valence-electron chi connectivity index (χ2n) is 4.06. The molecule has 0 radical (unpaired) electrons. The molecule has 0 heterocycles. The van der Waals surface area contributed by atoms with E-state index in [1.54, 1.807) is 13.8 Å². The Balaban J connectivity index is 2.91. The molecule has 0 aliphatic rings. The first-order chi connectivity index (χ1) is 8.75. The monoisotopic (exact) mass is 294 g/mol. The van der Waals surface area contributed by atoms with Crippen LogP contribution in [0.25, 0.3) is 0 Å². The average molecular weight is 295 g/mol. The van der Waals surface area contributed by atoms with E-state index in [0.717, 1.165) is 12.1 Å². The van der Waals surface area contributed by atoms with Gasteiger partial charge in [0.2, 0.25) is 0 Å². The van der Waals surface area contributed by atoms with E-state index < -0.39 is 23.1 Å². The van der Waals surface area contributed by atoms with Gasteiger partial charge in [-0.1, -0.05) is 6.07 Å². The molecule has 1 rings (SSSR count). The molecule has 0 saturated heterocycles. The van der Waals surface area contributed by atoms with Crippen LogP contribution in [0.2, 0.25) is 0 Å². The van der Waals surface area contributed by atoms with Crippen LogP contribution in [0.3, 0.4) is 0 Å². The third-order valence-electron chi connectivity index (χ3n) is 2.62. The third-order valence-corrected chi connectivity index (χ3v) is 2.95. The first-order valence-electron chi connectivity index (χ1n) is 5.73. The molecule has 0 N–H and O–H groups in total. The van der Waals surface area contributed by atoms with Crippen molar-refractivity contribution >= 4 is 17.6 Å². The van der Waals surface area contributed by atoms with Gasteiger partial charge < -0.3 is 4.74 Å². The van der Waals surface area contributed by atoms with Gasteiger partial charge in [-0.05, 0) is 43.5 Å². The molecular formula is C13H14ClF3O2. The molecule has 6 heteroatoms. The summed E-state index contributed by atoms with van der Waals surface area (Å²) in [5.41, 5.74) is 0.298. The molecule has 0 bridgehead atoms. The molecule has 1 aromatic rings. The minimum Gasteiger partial charge on any atom is -0.465 e. The van der Waals surface area contributed by atoms with E-state index in [1.807, 2.05) is 0 Å². The van der Waals surface area contributed by atoms with E-state index in [2.05, 4.69) is 0 Å². The highest BCUT2D eigenvalue weighted by Crippen LogP contribution is 2.31. The van der Waals surface area contributed by atoms with E-state index in [0.29, 0.717) is 11.1 Å². The van der Waals surface area contributed by atoms with Crippen LogP contribution in [0.4, 0.5) is 13.2 Å². The fourth-order valence-electron chi connectivity index (χ4n) is 1.58. The number of alkyl halides is 4. The van der Waals surface area contributed by atoms with Crippen molar-refractivity contribution in [1.82, 2.24) is 0 Å². The van der Waals surface area contributed by atoms with Crippen LogP contribution in [-0.4, -0.2) is 18.0 Å². The number of carbonyl (C=O) groups excluding carboxylic acids is 1. The van der Waals surface area contributed by atoms with Crippen LogP contribution in [0.1, 0.15) is 23.6 Å². The Bertz CT molecular complexity index is 458. The van der Waals surface area contributed by atoms with Gasteiger partial charge in [-0.15, -0.1) is 11.6 Å². The summed E-state index contributed by atoms with van der Waals surface area (Å²) in [6, 6.07) is 3.39. The van der Waals surface area contributed by atoms with E-state index in [9.17, 15) is 18.0 Å². The first-order valence-corrected chi connectivity index (χ1v) is 6.16. The topological polar surface area (TPSA) is 26.3 Å². The number of rotatable bonds is 4. The number of benzene rings is 1. The van der Waals surface area contributed by atoms with E-state index in [-0.39, 0.29) is 13.0 Å². The minimum absolute atomic E-state index is 0.0101. The van der Waals surface area contributed by atoms with Crippen LogP contribution >= 0.6 is 11.6 Å². The summed E-state index contributed by atoms with van der Waals surface area (Å²) in [5.74, 6) is -0.624. The Morgan fingerprint density at radius 3 is 2.58 bits per heavy atom. The maximum absolute atomic E-state index is 12.6. The largest absolute Gasteiger partial charge is 0.465 e. The zero-order chi connectivity index (χ0) is 14.6. The third kappa shape index (κ3) is 4.42. The predicted molar refractivity (Wildman–Crippen MR) is 66.2 cm³/mol. The molecule has 2 nitrogen and oxygen atoms in total. The van der Waals surface area contributed by atoms with E-state index in [1.165, 1.54) is 6.07 Å². The number of esters is 1. The molecule has 106 valence electrons. The van der Waals surface area contributed by atoms with Crippen molar-refractivity contribution in [2.24, 2.45) is 0 Å². The van der Waals surface area contributed by atoms with Crippen molar-refractivity contribution < 1.29 is 22.7 Å². The van der Waals surface area contributed by atoms with Crippen LogP contribution < -0.4 is 0 Å². The summed E-state index contributed by atoms with van der Waals surface area (Å²) in [4.78, 5) is 11.4. The zero-order valence-electron chi connectivity index (χ0n) is 10.6. The summed E-state index contributed by atoms with van der Waals surface area (Å²) in [6.07, 6.45) is -4.40. The summed E-state index contributed by atoms with van der Waals surface area (Å²) >= 11 is 5.83. The van der Waals surface area contributed by atoms with Crippen molar-refractivity contribution in [2.45, 2.75) is 31.8 Å². The molecule has 0 fully saturated rings. The molecular weight excluding hydrogens is 281 g/mol. The SMILES string of the molecule is CCOC(=O)C(Cl)Cc1cc(C(F)(F)F)ccc1C. The quantitative estimate of drug-likeness (QED) is 0.625. The van der Waals surface area contributed by atoms with Crippen LogP contribution in [0.5, 0.6) is 0 Å². The molecule has 0 spiro atoms. The van der Waals surface area contributed by atoms with Gasteiger partial charge in [0.15, 0.2) is 0 Å². The summed E-state index contributed by atoms with van der Waals surface area (Å²) in [7, 11) is 0. The lowest BCUT2D eigenvalue weighted by Crippen LogP contribution is -2.21. The van der Waals surface area contributed by atoms with Crippen LogP contribution in [0.15, 0.2) is 18.2 Å². The maximum atomic E-state index is 12.6. The maximum Gasteiger partial charge on any atom is 0.416 e. The lowest BCUT2D eigenvalue weighted by Gasteiger charge is -2.13. The predicted octanol–water partition coefficient (Wildman–Crippen LogP) is 3.73. The number of hydrogen-bond acceptors (Lipinski definition) is 2. The fraction of sp³-hybridized carbons (Fsp3) is 0.462. The Morgan fingerprint density at radius 2 is 2.05 bits per heavy atom. The van der Waals surface area contributed by atoms with Crippen LogP contribution in [0, 0.1) is 6.92 Å². The fourth-order valence-corrected chi connectivity index (χ4v) is 1.81. The number of halogens is 4. The zero-order valence-corrected chi connectivity index (χ0v) is 11.3. The standard InChI is InChI=1S/C13H14ClF3O2/c1-3-19-12(18)11(14)7-9-6-10(13(15,16)17)5-4-8(9)2/h4-6,11H,3,7H2,1-2H3. The molecule has 0 saturated carbocycles. The molecule has 1 aromatic carbocycles. The number of hydrogen-bond donors (Lipinski definition) is 0. The summed E-state index contributed by atoms with van der Waals surface area (Å²) < 4.78 is 42.5. The molecule has 0 aliphatic heterocycles. The summed E-state index contributed by atoms with van der Waals surface area (Å²) in [5, 5.41) is -0.984. The van der Waals surface area contributed by atoms with E-state index in [4.69, 9.17) is 16.3 Å². The van der Waals surface area contributed by atoms with Gasteiger partial charge in [-0.25, -0.2) is 0 Å². The van der Waals surface area contributed by atoms with Crippen molar-refractivity contribution in [2.75, 3.05) is 6.61 Å². The van der Waals surface area contributed by atoms with Gasteiger partial charge in [0.1, 0.15) is 5.38 Å². The molecule has 0 aliphatic carbocycles. The smallest absolute Gasteiger partial charge is 0.416 e. The lowest BCUT2D eigenvalue weighted by molar-refractivity contribution is -0.142. The van der Waals surface area contributed by atoms with Gasteiger partial charge in [-0.2, -0.15) is 13.2 Å². The van der Waals surface area contributed by atoms with Crippen molar-refractivity contribution in [3.8, 4) is 0 Å². The first kappa shape index (κ1) is 15.8. The second kappa shape index (κ2) is 6.28. The highest BCUT2D eigenvalue weighted by atomic mass is 35.5. The average Bonchev–Trinajstić information content (AvgIpc) is 2.30. The summed E-state index contributed by atoms with van der Waals surface area (Å²) in [6.45, 7) is 3.49.